The Kier molecular flexibility index (Phi) is 11.7. The summed E-state index contributed by atoms with van der Waals surface area (Å²) in [5.41, 5.74) is 17.0. The van der Waals surface area contributed by atoms with Crippen LogP contribution in [0.15, 0.2) is 182 Å². The van der Waals surface area contributed by atoms with Gasteiger partial charge >= 0.3 is 0 Å². The molecular formula is C70H64N2O2. The van der Waals surface area contributed by atoms with Gasteiger partial charge in [0.1, 0.15) is 0 Å². The molecule has 0 heterocycles. The Labute approximate surface area is 436 Å². The van der Waals surface area contributed by atoms with Crippen molar-refractivity contribution in [3.05, 3.63) is 238 Å². The molecule has 4 aliphatic carbocycles. The molecule has 0 spiro atoms. The van der Waals surface area contributed by atoms with Crippen LogP contribution in [0, 0.1) is 51.4 Å². The number of fused-ring (bicyclic) bond motifs is 6. The van der Waals surface area contributed by atoms with E-state index in [1.807, 2.05) is 84.9 Å². The molecule has 4 fully saturated rings. The molecule has 0 aliphatic heterocycles. The molecule has 9 aromatic carbocycles. The van der Waals surface area contributed by atoms with Crippen LogP contribution in [0.25, 0.3) is 21.5 Å². The lowest BCUT2D eigenvalue weighted by Gasteiger charge is -2.34. The first kappa shape index (κ1) is 46.2. The van der Waals surface area contributed by atoms with Crippen molar-refractivity contribution in [1.82, 2.24) is 0 Å². The van der Waals surface area contributed by atoms with E-state index in [2.05, 4.69) is 135 Å². The van der Waals surface area contributed by atoms with Gasteiger partial charge in [-0.1, -0.05) is 110 Å². The molecule has 4 bridgehead atoms. The molecule has 4 nitrogen and oxygen atoms in total. The van der Waals surface area contributed by atoms with E-state index in [0.717, 1.165) is 46.0 Å². The average molecular weight is 965 g/mol. The molecule has 0 N–H and O–H groups in total. The van der Waals surface area contributed by atoms with Gasteiger partial charge in [0.15, 0.2) is 11.6 Å². The zero-order chi connectivity index (χ0) is 50.2. The van der Waals surface area contributed by atoms with Crippen molar-refractivity contribution < 1.29 is 9.59 Å². The molecule has 4 aliphatic rings. The van der Waals surface area contributed by atoms with Crippen LogP contribution >= 0.6 is 0 Å². The molecular weight excluding hydrogens is 901 g/mol. The number of rotatable bonds is 12. The summed E-state index contributed by atoms with van der Waals surface area (Å²) in [7, 11) is 0. The minimum atomic E-state index is 0.0164. The Morgan fingerprint density at radius 3 is 1.08 bits per heavy atom. The first-order valence-electron chi connectivity index (χ1n) is 27.3. The SMILES string of the molecule is Cc1ccc(N(c2ccc(C(=O)c3ccccc3)cc2)c2c3ccc(C4CC5CCC4C5)cc3c(N(c3ccc(C(=O)c4ccccc4)cc3)c3ccc(C)c(C)c3)c3ccc(C4CC5CCC4C5)cc23)cc1C. The fourth-order valence-corrected chi connectivity index (χ4v) is 14.0. The Bertz CT molecular complexity index is 3390. The van der Waals surface area contributed by atoms with Crippen LogP contribution in [-0.4, -0.2) is 11.6 Å². The van der Waals surface area contributed by atoms with Crippen LogP contribution in [0.1, 0.15) is 128 Å². The summed E-state index contributed by atoms with van der Waals surface area (Å²) < 4.78 is 0. The lowest BCUT2D eigenvalue weighted by molar-refractivity contribution is 0.103. The molecule has 13 rings (SSSR count). The number of nitrogens with zero attached hydrogens (tertiary/aromatic N) is 2. The van der Waals surface area contributed by atoms with Crippen molar-refractivity contribution in [1.29, 1.82) is 0 Å². The van der Waals surface area contributed by atoms with Crippen molar-refractivity contribution >= 4 is 67.2 Å². The van der Waals surface area contributed by atoms with E-state index < -0.39 is 0 Å². The number of aryl methyl sites for hydroxylation is 4. The van der Waals surface area contributed by atoms with Crippen LogP contribution in [0.3, 0.4) is 0 Å². The molecule has 9 aromatic rings. The summed E-state index contributed by atoms with van der Waals surface area (Å²) in [5.74, 6) is 4.10. The lowest BCUT2D eigenvalue weighted by atomic mass is 9.81. The van der Waals surface area contributed by atoms with Gasteiger partial charge in [0, 0.05) is 66.5 Å². The summed E-state index contributed by atoms with van der Waals surface area (Å²) in [6.45, 7) is 8.81. The van der Waals surface area contributed by atoms with E-state index in [0.29, 0.717) is 45.9 Å². The number of hydrogen-bond donors (Lipinski definition) is 0. The van der Waals surface area contributed by atoms with Crippen molar-refractivity contribution in [3.8, 4) is 0 Å². The van der Waals surface area contributed by atoms with Crippen molar-refractivity contribution in [2.45, 2.75) is 90.9 Å². The zero-order valence-corrected chi connectivity index (χ0v) is 43.2. The first-order chi connectivity index (χ1) is 36.1. The second kappa shape index (κ2) is 18.7. The number of ketones is 2. The van der Waals surface area contributed by atoms with Gasteiger partial charge in [-0.05, 0) is 220 Å². The Hall–Kier alpha value is -7.56. The summed E-state index contributed by atoms with van der Waals surface area (Å²) in [5, 5.41) is 4.76. The lowest BCUT2D eigenvalue weighted by Crippen LogP contribution is -2.16. The maximum atomic E-state index is 14.0. The highest BCUT2D eigenvalue weighted by molar-refractivity contribution is 6.24. The molecule has 0 saturated heterocycles. The van der Waals surface area contributed by atoms with Gasteiger partial charge in [-0.15, -0.1) is 0 Å². The van der Waals surface area contributed by atoms with Gasteiger partial charge in [0.25, 0.3) is 0 Å². The van der Waals surface area contributed by atoms with Crippen LogP contribution in [0.4, 0.5) is 34.1 Å². The van der Waals surface area contributed by atoms with E-state index in [1.165, 1.54) is 106 Å². The third kappa shape index (κ3) is 8.15. The summed E-state index contributed by atoms with van der Waals surface area (Å²) >= 11 is 0. The van der Waals surface area contributed by atoms with Gasteiger partial charge in [-0.2, -0.15) is 0 Å². The van der Waals surface area contributed by atoms with E-state index in [1.54, 1.807) is 0 Å². The molecule has 4 saturated carbocycles. The number of carbonyl (C=O) groups is 2. The van der Waals surface area contributed by atoms with Gasteiger partial charge in [-0.3, -0.25) is 9.59 Å². The largest absolute Gasteiger partial charge is 0.309 e. The van der Waals surface area contributed by atoms with Gasteiger partial charge in [0.05, 0.1) is 11.4 Å². The average Bonchev–Trinajstić information content (AvgIpc) is 4.29. The third-order valence-corrected chi connectivity index (χ3v) is 18.2. The normalized spacial score (nSPS) is 20.6. The summed E-state index contributed by atoms with van der Waals surface area (Å²) in [4.78, 5) is 32.9. The quantitative estimate of drug-likeness (QED) is 0.0695. The number of anilines is 6. The highest BCUT2D eigenvalue weighted by Gasteiger charge is 2.42. The maximum Gasteiger partial charge on any atom is 0.193 e. The van der Waals surface area contributed by atoms with Gasteiger partial charge in [-0.25, -0.2) is 0 Å². The molecule has 74 heavy (non-hydrogen) atoms. The molecule has 0 amide bonds. The first-order valence-corrected chi connectivity index (χ1v) is 27.3. The van der Waals surface area contributed by atoms with Crippen LogP contribution in [0.5, 0.6) is 0 Å². The minimum Gasteiger partial charge on any atom is -0.309 e. The summed E-state index contributed by atoms with van der Waals surface area (Å²) in [6, 6.07) is 64.6. The predicted octanol–water partition coefficient (Wildman–Crippen LogP) is 18.4. The van der Waals surface area contributed by atoms with Crippen LogP contribution in [0.2, 0.25) is 0 Å². The number of carbonyl (C=O) groups excluding carboxylic acids is 2. The fraction of sp³-hybridized carbons (Fsp3) is 0.257. The molecule has 366 valence electrons. The highest BCUT2D eigenvalue weighted by atomic mass is 16.1. The van der Waals surface area contributed by atoms with E-state index in [9.17, 15) is 9.59 Å². The van der Waals surface area contributed by atoms with Crippen molar-refractivity contribution in [2.24, 2.45) is 23.7 Å². The Morgan fingerprint density at radius 2 is 0.730 bits per heavy atom. The van der Waals surface area contributed by atoms with Gasteiger partial charge < -0.3 is 9.80 Å². The van der Waals surface area contributed by atoms with Crippen LogP contribution < -0.4 is 9.80 Å². The second-order valence-corrected chi connectivity index (χ2v) is 22.6. The Balaban J connectivity index is 1.10. The molecule has 6 atom stereocenters. The molecule has 4 heteroatoms. The van der Waals surface area contributed by atoms with E-state index in [4.69, 9.17) is 0 Å². The van der Waals surface area contributed by atoms with Gasteiger partial charge in [0.2, 0.25) is 0 Å². The monoisotopic (exact) mass is 964 g/mol. The standard InChI is InChI=1S/C70H64N2O2/c1-43-15-27-59(35-45(43)3)71(57-29-21-51(22-30-57)69(73)49-11-7-5-8-12-49)67-61-33-25-56(64-40-48-18-20-54(64)38-48)42-66(61)68(62-34-26-55(41-65(62)67)63-39-47-17-19-53(63)37-47)72(60-28-16-44(2)46(4)36-60)58-31-23-52(24-32-58)70(74)50-13-9-6-10-14-50/h5-16,21-36,41-42,47-48,53-54,63-64H,17-20,37-40H2,1-4H3. The third-order valence-electron chi connectivity index (χ3n) is 18.2. The second-order valence-electron chi connectivity index (χ2n) is 22.6. The topological polar surface area (TPSA) is 40.6 Å². The number of benzene rings is 9. The van der Waals surface area contributed by atoms with Crippen molar-refractivity contribution in [3.63, 3.8) is 0 Å². The predicted molar refractivity (Wildman–Crippen MR) is 306 cm³/mol. The van der Waals surface area contributed by atoms with Crippen LogP contribution in [-0.2, 0) is 0 Å². The van der Waals surface area contributed by atoms with E-state index >= 15 is 0 Å². The Morgan fingerprint density at radius 1 is 0.351 bits per heavy atom. The smallest absolute Gasteiger partial charge is 0.193 e. The zero-order valence-electron chi connectivity index (χ0n) is 43.2. The number of hydrogen-bond acceptors (Lipinski definition) is 4. The molecule has 6 unspecified atom stereocenters. The fourth-order valence-electron chi connectivity index (χ4n) is 14.0. The maximum absolute atomic E-state index is 14.0. The summed E-state index contributed by atoms with van der Waals surface area (Å²) in [6.07, 6.45) is 10.5. The molecule has 0 aromatic heterocycles. The van der Waals surface area contributed by atoms with E-state index in [-0.39, 0.29) is 11.6 Å². The minimum absolute atomic E-state index is 0.0164. The molecule has 0 radical (unpaired) electrons. The highest BCUT2D eigenvalue weighted by Crippen LogP contribution is 2.58. The van der Waals surface area contributed by atoms with Crippen molar-refractivity contribution in [2.75, 3.05) is 9.80 Å².